The van der Waals surface area contributed by atoms with E-state index in [1.165, 1.54) is 0 Å². The van der Waals surface area contributed by atoms with Gasteiger partial charge in [-0.3, -0.25) is 19.1 Å². The Morgan fingerprint density at radius 1 is 1.62 bits per heavy atom. The van der Waals surface area contributed by atoms with E-state index >= 15 is 0 Å². The molecule has 0 saturated carbocycles. The molecule has 2 heterocycles. The van der Waals surface area contributed by atoms with Crippen LogP contribution in [0.1, 0.15) is 32.1 Å². The maximum absolute atomic E-state index is 14.6. The second-order valence-electron chi connectivity index (χ2n) is 5.68. The van der Waals surface area contributed by atoms with Crippen molar-refractivity contribution in [3.63, 3.8) is 0 Å². The molecule has 0 radical (unpaired) electrons. The number of carbonyl (C=O) groups excluding carboxylic acids is 1. The Hall–Kier alpha value is -2.47. The lowest BCUT2D eigenvalue weighted by atomic mass is 10.1. The average molecular weight is 342 g/mol. The van der Waals surface area contributed by atoms with Gasteiger partial charge < -0.3 is 9.47 Å². The Labute approximate surface area is 135 Å². The smallest absolute Gasteiger partial charge is 0.330 e. The van der Waals surface area contributed by atoms with Gasteiger partial charge in [0.2, 0.25) is 0 Å². The quantitative estimate of drug-likeness (QED) is 0.641. The van der Waals surface area contributed by atoms with Crippen molar-refractivity contribution in [1.82, 2.24) is 9.55 Å². The number of nitrogens with zero attached hydrogens (tertiary/aromatic N) is 1. The van der Waals surface area contributed by atoms with E-state index < -0.39 is 54.4 Å². The highest BCUT2D eigenvalue weighted by molar-refractivity contribution is 5.71. The number of terminal acetylenes is 1. The molecule has 1 aromatic heterocycles. The fourth-order valence-electron chi connectivity index (χ4n) is 2.13. The minimum Gasteiger partial charge on any atom is -0.459 e. The molecule has 1 aliphatic rings. The van der Waals surface area contributed by atoms with Gasteiger partial charge >= 0.3 is 11.7 Å². The standard InChI is InChI=1S/C15H16F2N2O5/c1-4-9-6-19(14(22)18-12(9)20)11-5-10(16)15(17,24-11)7-23-13(21)8(2)3/h1,6,8,10-11H,5,7H2,2-3H3,(H,18,20,22)/t10-,11+,15+/m0/s1. The Morgan fingerprint density at radius 2 is 2.29 bits per heavy atom. The number of carbonyl (C=O) groups is 1. The van der Waals surface area contributed by atoms with Gasteiger partial charge in [-0.15, -0.1) is 6.42 Å². The Kier molecular flexibility index (Phi) is 4.89. The van der Waals surface area contributed by atoms with Crippen molar-refractivity contribution in [3.05, 3.63) is 32.6 Å². The summed E-state index contributed by atoms with van der Waals surface area (Å²) in [5, 5.41) is 0. The molecule has 130 valence electrons. The van der Waals surface area contributed by atoms with Crippen molar-refractivity contribution in [2.75, 3.05) is 6.61 Å². The summed E-state index contributed by atoms with van der Waals surface area (Å²) in [7, 11) is 0. The first-order chi connectivity index (χ1) is 11.2. The van der Waals surface area contributed by atoms with Crippen molar-refractivity contribution >= 4 is 5.97 Å². The van der Waals surface area contributed by atoms with Crippen LogP contribution in [0, 0.1) is 18.3 Å². The summed E-state index contributed by atoms with van der Waals surface area (Å²) in [5.41, 5.74) is -1.89. The summed E-state index contributed by atoms with van der Waals surface area (Å²) < 4.78 is 39.0. The number of hydrogen-bond acceptors (Lipinski definition) is 5. The summed E-state index contributed by atoms with van der Waals surface area (Å²) in [4.78, 5) is 36.5. The first-order valence-electron chi connectivity index (χ1n) is 7.17. The third-order valence-electron chi connectivity index (χ3n) is 3.52. The molecule has 0 aliphatic carbocycles. The topological polar surface area (TPSA) is 90.4 Å². The maximum atomic E-state index is 14.6. The zero-order chi connectivity index (χ0) is 18.1. The first-order valence-corrected chi connectivity index (χ1v) is 7.17. The highest BCUT2D eigenvalue weighted by atomic mass is 19.2. The molecule has 1 saturated heterocycles. The Morgan fingerprint density at radius 3 is 2.88 bits per heavy atom. The number of ether oxygens (including phenoxy) is 2. The van der Waals surface area contributed by atoms with Gasteiger partial charge in [-0.25, -0.2) is 13.6 Å². The lowest BCUT2D eigenvalue weighted by Crippen LogP contribution is -2.39. The van der Waals surface area contributed by atoms with E-state index in [0.29, 0.717) is 0 Å². The summed E-state index contributed by atoms with van der Waals surface area (Å²) >= 11 is 0. The maximum Gasteiger partial charge on any atom is 0.330 e. The summed E-state index contributed by atoms with van der Waals surface area (Å²) in [6.07, 6.45) is 2.15. The van der Waals surface area contributed by atoms with E-state index in [-0.39, 0.29) is 5.56 Å². The lowest BCUT2D eigenvalue weighted by Gasteiger charge is -2.22. The molecular formula is C15H16F2N2O5. The van der Waals surface area contributed by atoms with Crippen LogP contribution in [0.4, 0.5) is 8.78 Å². The third kappa shape index (κ3) is 3.38. The van der Waals surface area contributed by atoms with Gasteiger partial charge in [-0.05, 0) is 0 Å². The number of nitrogens with one attached hydrogen (secondary N) is 1. The summed E-state index contributed by atoms with van der Waals surface area (Å²) in [6.45, 7) is 2.14. The van der Waals surface area contributed by atoms with Crippen LogP contribution in [0.5, 0.6) is 0 Å². The first kappa shape index (κ1) is 17.9. The van der Waals surface area contributed by atoms with E-state index in [9.17, 15) is 23.2 Å². The molecule has 0 unspecified atom stereocenters. The highest BCUT2D eigenvalue weighted by Gasteiger charge is 2.52. The molecular weight excluding hydrogens is 326 g/mol. The molecule has 0 spiro atoms. The van der Waals surface area contributed by atoms with Gasteiger partial charge in [0.05, 0.1) is 5.92 Å². The number of H-pyrrole nitrogens is 1. The molecule has 1 aromatic rings. The molecule has 1 fully saturated rings. The van der Waals surface area contributed by atoms with Gasteiger partial charge in [0.1, 0.15) is 11.8 Å². The molecule has 3 atom stereocenters. The number of aromatic amines is 1. The van der Waals surface area contributed by atoms with Crippen molar-refractivity contribution < 1.29 is 23.0 Å². The molecule has 24 heavy (non-hydrogen) atoms. The van der Waals surface area contributed by atoms with Crippen molar-refractivity contribution in [2.24, 2.45) is 5.92 Å². The van der Waals surface area contributed by atoms with E-state index in [1.807, 2.05) is 4.98 Å². The fourth-order valence-corrected chi connectivity index (χ4v) is 2.13. The second kappa shape index (κ2) is 6.57. The third-order valence-corrected chi connectivity index (χ3v) is 3.52. The average Bonchev–Trinajstić information content (AvgIpc) is 2.80. The fraction of sp³-hybridized carbons (Fsp3) is 0.533. The van der Waals surface area contributed by atoms with E-state index in [4.69, 9.17) is 11.2 Å². The van der Waals surface area contributed by atoms with Crippen molar-refractivity contribution in [3.8, 4) is 12.3 Å². The van der Waals surface area contributed by atoms with Gasteiger partial charge in [0, 0.05) is 12.6 Å². The molecule has 0 bridgehead atoms. The Balaban J connectivity index is 2.22. The van der Waals surface area contributed by atoms with Gasteiger partial charge in [0.15, 0.2) is 12.8 Å². The zero-order valence-electron chi connectivity index (χ0n) is 13.0. The SMILES string of the molecule is C#Cc1cn([C@H]2C[C@H](F)[C@@](F)(COC(=O)C(C)C)O2)c(=O)[nH]c1=O. The van der Waals surface area contributed by atoms with Crippen LogP contribution in [0.15, 0.2) is 15.8 Å². The summed E-state index contributed by atoms with van der Waals surface area (Å²) in [5.74, 6) is -2.05. The van der Waals surface area contributed by atoms with Crippen LogP contribution in [-0.4, -0.2) is 34.2 Å². The number of aromatic nitrogens is 2. The molecule has 2 rings (SSSR count). The van der Waals surface area contributed by atoms with Crippen LogP contribution in [0.2, 0.25) is 0 Å². The summed E-state index contributed by atoms with van der Waals surface area (Å²) in [6, 6.07) is 0. The molecule has 1 aliphatic heterocycles. The normalized spacial score (nSPS) is 26.3. The largest absolute Gasteiger partial charge is 0.459 e. The number of halogens is 2. The minimum absolute atomic E-state index is 0.184. The van der Waals surface area contributed by atoms with Crippen molar-refractivity contribution in [1.29, 1.82) is 0 Å². The monoisotopic (exact) mass is 342 g/mol. The second-order valence-corrected chi connectivity index (χ2v) is 5.68. The molecule has 1 N–H and O–H groups in total. The van der Waals surface area contributed by atoms with Crippen LogP contribution in [0.3, 0.4) is 0 Å². The Bertz CT molecular complexity index is 794. The van der Waals surface area contributed by atoms with Gasteiger partial charge in [0.25, 0.3) is 11.4 Å². The molecule has 9 heteroatoms. The zero-order valence-corrected chi connectivity index (χ0v) is 13.0. The molecule has 0 amide bonds. The van der Waals surface area contributed by atoms with Gasteiger partial charge in [-0.1, -0.05) is 19.8 Å². The van der Waals surface area contributed by atoms with E-state index in [1.54, 1.807) is 13.8 Å². The molecule has 0 aromatic carbocycles. The van der Waals surface area contributed by atoms with Crippen molar-refractivity contribution in [2.45, 2.75) is 38.5 Å². The van der Waals surface area contributed by atoms with Crippen LogP contribution in [0.25, 0.3) is 0 Å². The number of rotatable bonds is 4. The lowest BCUT2D eigenvalue weighted by molar-refractivity contribution is -0.209. The van der Waals surface area contributed by atoms with E-state index in [0.717, 1.165) is 10.8 Å². The number of alkyl halides is 2. The van der Waals surface area contributed by atoms with Crippen LogP contribution in [-0.2, 0) is 14.3 Å². The number of esters is 1. The predicted molar refractivity (Wildman–Crippen MR) is 78.5 cm³/mol. The highest BCUT2D eigenvalue weighted by Crippen LogP contribution is 2.39. The molecule has 7 nitrogen and oxygen atoms in total. The van der Waals surface area contributed by atoms with Gasteiger partial charge in [-0.2, -0.15) is 0 Å². The van der Waals surface area contributed by atoms with Crippen LogP contribution >= 0.6 is 0 Å². The predicted octanol–water partition coefficient (Wildman–Crippen LogP) is 0.640. The van der Waals surface area contributed by atoms with Crippen LogP contribution < -0.4 is 11.2 Å². The van der Waals surface area contributed by atoms with E-state index in [2.05, 4.69) is 10.7 Å². The number of hydrogen-bond donors (Lipinski definition) is 1. The minimum atomic E-state index is -2.89.